The first-order valence-corrected chi connectivity index (χ1v) is 9.48. The van der Waals surface area contributed by atoms with Crippen molar-refractivity contribution in [2.45, 2.75) is 50.5 Å². The summed E-state index contributed by atoms with van der Waals surface area (Å²) in [4.78, 5) is 14.6. The van der Waals surface area contributed by atoms with E-state index >= 15 is 0 Å². The van der Waals surface area contributed by atoms with Crippen molar-refractivity contribution in [1.29, 1.82) is 0 Å². The fourth-order valence-electron chi connectivity index (χ4n) is 2.71. The molecule has 0 aromatic heterocycles. The maximum absolute atomic E-state index is 12.8. The number of halogens is 1. The second kappa shape index (κ2) is 6.36. The number of hydrogen-bond acceptors (Lipinski definition) is 3. The fraction of sp³-hybridized carbons (Fsp3) is 0.533. The van der Waals surface area contributed by atoms with Crippen LogP contribution in [0.3, 0.4) is 0 Å². The van der Waals surface area contributed by atoms with E-state index in [4.69, 9.17) is 10.7 Å². The van der Waals surface area contributed by atoms with Crippen LogP contribution in [-0.4, -0.2) is 31.8 Å². The topological polar surface area (TPSA) is 54.5 Å². The summed E-state index contributed by atoms with van der Waals surface area (Å²) in [6.07, 6.45) is 4.23. The van der Waals surface area contributed by atoms with Crippen LogP contribution < -0.4 is 0 Å². The number of benzene rings is 1. The highest BCUT2D eigenvalue weighted by Gasteiger charge is 2.25. The van der Waals surface area contributed by atoms with Gasteiger partial charge in [-0.3, -0.25) is 4.79 Å². The van der Waals surface area contributed by atoms with Crippen LogP contribution >= 0.6 is 10.7 Å². The monoisotopic (exact) mass is 329 g/mol. The van der Waals surface area contributed by atoms with Gasteiger partial charge in [-0.15, -0.1) is 0 Å². The summed E-state index contributed by atoms with van der Waals surface area (Å²) in [6, 6.07) is 4.62. The Bertz CT molecular complexity index is 642. The molecule has 116 valence electrons. The molecule has 0 radical (unpaired) electrons. The number of hydrogen-bond donors (Lipinski definition) is 0. The highest BCUT2D eigenvalue weighted by atomic mass is 35.7. The first-order valence-electron chi connectivity index (χ1n) is 7.17. The number of carbonyl (C=O) groups is 1. The molecule has 1 aromatic carbocycles. The summed E-state index contributed by atoms with van der Waals surface area (Å²) in [5.74, 6) is -0.107. The van der Waals surface area contributed by atoms with E-state index in [0.717, 1.165) is 37.8 Å². The molecule has 1 aliphatic heterocycles. The van der Waals surface area contributed by atoms with Gasteiger partial charge in [-0.1, -0.05) is 18.9 Å². The molecule has 2 rings (SSSR count). The molecule has 6 heteroatoms. The van der Waals surface area contributed by atoms with Gasteiger partial charge in [-0.25, -0.2) is 8.42 Å². The quantitative estimate of drug-likeness (QED) is 0.782. The molecule has 1 heterocycles. The lowest BCUT2D eigenvalue weighted by Crippen LogP contribution is -2.38. The molecule has 4 nitrogen and oxygen atoms in total. The van der Waals surface area contributed by atoms with Gasteiger partial charge < -0.3 is 4.90 Å². The van der Waals surface area contributed by atoms with Crippen molar-refractivity contribution in [3.63, 3.8) is 0 Å². The predicted octanol–water partition coefficient (Wildman–Crippen LogP) is 3.33. The van der Waals surface area contributed by atoms with Gasteiger partial charge in [0.05, 0.1) is 4.90 Å². The third kappa shape index (κ3) is 3.77. The van der Waals surface area contributed by atoms with Gasteiger partial charge in [-0.05, 0) is 44.4 Å². The van der Waals surface area contributed by atoms with Crippen molar-refractivity contribution in [2.24, 2.45) is 0 Å². The van der Waals surface area contributed by atoms with Crippen LogP contribution in [0.5, 0.6) is 0 Å². The molecule has 0 aliphatic carbocycles. The Kier molecular flexibility index (Phi) is 4.94. The molecule has 1 atom stereocenters. The third-order valence-corrected chi connectivity index (χ3v) is 5.39. The Morgan fingerprint density at radius 3 is 2.67 bits per heavy atom. The van der Waals surface area contributed by atoms with Crippen molar-refractivity contribution < 1.29 is 13.2 Å². The van der Waals surface area contributed by atoms with E-state index in [1.54, 1.807) is 13.0 Å². The van der Waals surface area contributed by atoms with Crippen LogP contribution in [0, 0.1) is 6.92 Å². The predicted molar refractivity (Wildman–Crippen MR) is 83.2 cm³/mol. The minimum atomic E-state index is -3.83. The Labute approximate surface area is 130 Å². The first kappa shape index (κ1) is 16.3. The number of rotatable bonds is 2. The van der Waals surface area contributed by atoms with E-state index < -0.39 is 9.05 Å². The molecule has 0 bridgehead atoms. The van der Waals surface area contributed by atoms with E-state index in [1.807, 2.05) is 11.8 Å². The van der Waals surface area contributed by atoms with Crippen molar-refractivity contribution in [3.8, 4) is 0 Å². The molecule has 0 spiro atoms. The largest absolute Gasteiger partial charge is 0.336 e. The lowest BCUT2D eigenvalue weighted by atomic mass is 10.1. The maximum atomic E-state index is 12.8. The molecule has 0 N–H and O–H groups in total. The molecule has 1 amide bonds. The van der Waals surface area contributed by atoms with Crippen LogP contribution in [0.15, 0.2) is 23.1 Å². The Balaban J connectivity index is 2.38. The Morgan fingerprint density at radius 2 is 2.00 bits per heavy atom. The molecule has 1 saturated heterocycles. The van der Waals surface area contributed by atoms with E-state index in [-0.39, 0.29) is 16.8 Å². The normalized spacial score (nSPS) is 20.1. The summed E-state index contributed by atoms with van der Waals surface area (Å²) in [7, 11) is 1.55. The Hall–Kier alpha value is -1.07. The summed E-state index contributed by atoms with van der Waals surface area (Å²) < 4.78 is 22.9. The SMILES string of the molecule is Cc1ccc(S(=O)(=O)Cl)cc1C(=O)N1CCCCCC1C. The van der Waals surface area contributed by atoms with Crippen LogP contribution in [0.4, 0.5) is 0 Å². The molecule has 1 fully saturated rings. The third-order valence-electron chi connectivity index (χ3n) is 4.03. The number of likely N-dealkylation sites (tertiary alicyclic amines) is 1. The lowest BCUT2D eigenvalue weighted by molar-refractivity contribution is 0.0697. The van der Waals surface area contributed by atoms with Crippen LogP contribution in [0.1, 0.15) is 48.5 Å². The zero-order valence-corrected chi connectivity index (χ0v) is 13.9. The molecular weight excluding hydrogens is 310 g/mol. The van der Waals surface area contributed by atoms with Crippen LogP contribution in [0.25, 0.3) is 0 Å². The fourth-order valence-corrected chi connectivity index (χ4v) is 3.49. The van der Waals surface area contributed by atoms with Gasteiger partial charge in [-0.2, -0.15) is 0 Å². The maximum Gasteiger partial charge on any atom is 0.261 e. The standard InChI is InChI=1S/C15H20ClNO3S/c1-11-7-8-13(21(16,19)20)10-14(11)15(18)17-9-5-3-4-6-12(17)2/h7-8,10,12H,3-6,9H2,1-2H3. The molecule has 1 aromatic rings. The number of carbonyl (C=O) groups excluding carboxylic acids is 1. The van der Waals surface area contributed by atoms with E-state index in [1.165, 1.54) is 12.1 Å². The summed E-state index contributed by atoms with van der Waals surface area (Å²) in [5.41, 5.74) is 1.19. The van der Waals surface area contributed by atoms with Crippen LogP contribution in [-0.2, 0) is 9.05 Å². The second-order valence-electron chi connectivity index (χ2n) is 5.61. The highest BCUT2D eigenvalue weighted by Crippen LogP contribution is 2.23. The van der Waals surface area contributed by atoms with Gasteiger partial charge in [0.2, 0.25) is 0 Å². The highest BCUT2D eigenvalue weighted by molar-refractivity contribution is 8.13. The average molecular weight is 330 g/mol. The number of amides is 1. The first-order chi connectivity index (χ1) is 9.80. The molecule has 21 heavy (non-hydrogen) atoms. The van der Waals surface area contributed by atoms with Gasteiger partial charge in [0.1, 0.15) is 0 Å². The number of aryl methyl sites for hydroxylation is 1. The van der Waals surface area contributed by atoms with E-state index in [0.29, 0.717) is 5.56 Å². The van der Waals surface area contributed by atoms with Gasteiger partial charge >= 0.3 is 0 Å². The smallest absolute Gasteiger partial charge is 0.261 e. The van der Waals surface area contributed by atoms with Gasteiger partial charge in [0.15, 0.2) is 0 Å². The second-order valence-corrected chi connectivity index (χ2v) is 8.18. The summed E-state index contributed by atoms with van der Waals surface area (Å²) >= 11 is 0. The van der Waals surface area contributed by atoms with Crippen LogP contribution in [0.2, 0.25) is 0 Å². The molecular formula is C15H20ClNO3S. The minimum absolute atomic E-state index is 0.0272. The minimum Gasteiger partial charge on any atom is -0.336 e. The average Bonchev–Trinajstić information content (AvgIpc) is 2.62. The zero-order valence-electron chi connectivity index (χ0n) is 12.3. The van der Waals surface area contributed by atoms with E-state index in [2.05, 4.69) is 0 Å². The van der Waals surface area contributed by atoms with Gasteiger partial charge in [0.25, 0.3) is 15.0 Å². The van der Waals surface area contributed by atoms with E-state index in [9.17, 15) is 13.2 Å². The number of nitrogens with zero attached hydrogens (tertiary/aromatic N) is 1. The van der Waals surface area contributed by atoms with Crippen molar-refractivity contribution in [1.82, 2.24) is 4.90 Å². The zero-order chi connectivity index (χ0) is 15.6. The molecule has 1 aliphatic rings. The summed E-state index contributed by atoms with van der Waals surface area (Å²) in [6.45, 7) is 4.57. The summed E-state index contributed by atoms with van der Waals surface area (Å²) in [5, 5.41) is 0. The van der Waals surface area contributed by atoms with Crippen molar-refractivity contribution >= 4 is 25.6 Å². The lowest BCUT2D eigenvalue weighted by Gasteiger charge is -2.28. The molecule has 0 saturated carbocycles. The van der Waals surface area contributed by atoms with Gasteiger partial charge in [0, 0.05) is 28.8 Å². The van der Waals surface area contributed by atoms with Crippen molar-refractivity contribution in [2.75, 3.05) is 6.54 Å². The van der Waals surface area contributed by atoms with Crippen molar-refractivity contribution in [3.05, 3.63) is 29.3 Å². The Morgan fingerprint density at radius 1 is 1.29 bits per heavy atom. The molecule has 1 unspecified atom stereocenters.